The van der Waals surface area contributed by atoms with Crippen molar-refractivity contribution >= 4 is 56.6 Å². The number of hydrogen-bond donors (Lipinski definition) is 2. The van der Waals surface area contributed by atoms with Crippen LogP contribution in [0.5, 0.6) is 5.88 Å². The largest absolute Gasteiger partial charge is 0.480 e. The summed E-state index contributed by atoms with van der Waals surface area (Å²) in [7, 11) is 1.41. The summed E-state index contributed by atoms with van der Waals surface area (Å²) in [6.45, 7) is 0. The number of carbonyl (C=O) groups is 2. The minimum absolute atomic E-state index is 0.0432. The van der Waals surface area contributed by atoms with Crippen LogP contribution in [0.25, 0.3) is 5.82 Å². The molecule has 0 atom stereocenters. The molecule has 2 heterocycles. The topological polar surface area (TPSA) is 112 Å². The summed E-state index contributed by atoms with van der Waals surface area (Å²) in [6, 6.07) is 7.63. The van der Waals surface area contributed by atoms with Gasteiger partial charge in [-0.25, -0.2) is 9.67 Å². The van der Waals surface area contributed by atoms with Crippen molar-refractivity contribution < 1.29 is 14.3 Å². The van der Waals surface area contributed by atoms with Crippen LogP contribution >= 0.6 is 39.1 Å². The molecule has 0 radical (unpaired) electrons. The first-order valence-electron chi connectivity index (χ1n) is 7.67. The molecule has 3 N–H and O–H groups in total. The van der Waals surface area contributed by atoms with Crippen molar-refractivity contribution in [2.45, 2.75) is 0 Å². The molecule has 0 aliphatic rings. The van der Waals surface area contributed by atoms with Gasteiger partial charge in [-0.15, -0.1) is 5.10 Å². The van der Waals surface area contributed by atoms with Crippen LogP contribution in [0.3, 0.4) is 0 Å². The van der Waals surface area contributed by atoms with Crippen LogP contribution in [-0.2, 0) is 0 Å². The number of nitrogens with zero attached hydrogens (tertiary/aromatic N) is 3. The predicted octanol–water partition coefficient (Wildman–Crippen LogP) is 3.70. The highest BCUT2D eigenvalue weighted by Crippen LogP contribution is 2.31. The lowest BCUT2D eigenvalue weighted by atomic mass is 10.1. The number of nitrogens with one attached hydrogen (secondary N) is 1. The molecule has 0 bridgehead atoms. The molecule has 144 valence electrons. The normalized spacial score (nSPS) is 10.6. The SMILES string of the molecule is COc1cc(C(=O)Nc2c(Cl)cc(Br)cc2C(N)=O)n(-c2ncccc2Cl)n1. The minimum Gasteiger partial charge on any atom is -0.480 e. The van der Waals surface area contributed by atoms with Crippen molar-refractivity contribution in [2.75, 3.05) is 12.4 Å². The number of carbonyl (C=O) groups excluding carboxylic acids is 2. The second-order valence-corrected chi connectivity index (χ2v) is 7.15. The van der Waals surface area contributed by atoms with Crippen LogP contribution in [0.1, 0.15) is 20.8 Å². The van der Waals surface area contributed by atoms with Gasteiger partial charge in [0.2, 0.25) is 5.88 Å². The highest BCUT2D eigenvalue weighted by atomic mass is 79.9. The Balaban J connectivity index is 2.07. The molecule has 0 saturated heterocycles. The van der Waals surface area contributed by atoms with Gasteiger partial charge in [-0.05, 0) is 24.3 Å². The average molecular weight is 485 g/mol. The second kappa shape index (κ2) is 8.17. The fourth-order valence-electron chi connectivity index (χ4n) is 2.39. The van der Waals surface area contributed by atoms with E-state index in [1.165, 1.54) is 36.2 Å². The molecular formula is C17H12BrCl2N5O3. The number of halogens is 3. The third kappa shape index (κ3) is 3.96. The van der Waals surface area contributed by atoms with Gasteiger partial charge in [-0.2, -0.15) is 0 Å². The zero-order chi connectivity index (χ0) is 20.4. The van der Waals surface area contributed by atoms with E-state index in [-0.39, 0.29) is 38.7 Å². The Morgan fingerprint density at radius 3 is 2.64 bits per heavy atom. The summed E-state index contributed by atoms with van der Waals surface area (Å²) in [5.74, 6) is -0.972. The Morgan fingerprint density at radius 2 is 2.00 bits per heavy atom. The molecule has 0 fully saturated rings. The van der Waals surface area contributed by atoms with Crippen molar-refractivity contribution in [3.05, 3.63) is 62.3 Å². The van der Waals surface area contributed by atoms with Crippen LogP contribution in [0.2, 0.25) is 10.0 Å². The van der Waals surface area contributed by atoms with Gasteiger partial charge in [0.1, 0.15) is 5.69 Å². The number of pyridine rings is 1. The number of ether oxygens (including phenoxy) is 1. The fraction of sp³-hybridized carbons (Fsp3) is 0.0588. The van der Waals surface area contributed by atoms with Crippen LogP contribution < -0.4 is 15.8 Å². The molecule has 0 aliphatic heterocycles. The van der Waals surface area contributed by atoms with Crippen molar-refractivity contribution in [3.8, 4) is 11.7 Å². The zero-order valence-corrected chi connectivity index (χ0v) is 17.3. The van der Waals surface area contributed by atoms with Gasteiger partial charge in [-0.1, -0.05) is 39.1 Å². The van der Waals surface area contributed by atoms with E-state index in [0.29, 0.717) is 4.47 Å². The van der Waals surface area contributed by atoms with E-state index in [4.69, 9.17) is 33.7 Å². The molecule has 0 aliphatic carbocycles. The van der Waals surface area contributed by atoms with Crippen LogP contribution in [0.15, 0.2) is 41.0 Å². The van der Waals surface area contributed by atoms with Crippen LogP contribution in [0.4, 0.5) is 5.69 Å². The lowest BCUT2D eigenvalue weighted by Gasteiger charge is -2.12. The van der Waals surface area contributed by atoms with Gasteiger partial charge in [0.05, 0.1) is 28.4 Å². The number of benzene rings is 1. The van der Waals surface area contributed by atoms with E-state index in [2.05, 4.69) is 31.3 Å². The average Bonchev–Trinajstić information content (AvgIpc) is 3.08. The summed E-state index contributed by atoms with van der Waals surface area (Å²) in [4.78, 5) is 28.8. The quantitative estimate of drug-likeness (QED) is 0.573. The Morgan fingerprint density at radius 1 is 1.25 bits per heavy atom. The van der Waals surface area contributed by atoms with Crippen molar-refractivity contribution in [3.63, 3.8) is 0 Å². The Kier molecular flexibility index (Phi) is 5.87. The van der Waals surface area contributed by atoms with Crippen molar-refractivity contribution in [1.29, 1.82) is 0 Å². The molecular weight excluding hydrogens is 473 g/mol. The van der Waals surface area contributed by atoms with Gasteiger partial charge < -0.3 is 15.8 Å². The monoisotopic (exact) mass is 483 g/mol. The van der Waals surface area contributed by atoms with Gasteiger partial charge >= 0.3 is 0 Å². The summed E-state index contributed by atoms with van der Waals surface area (Å²) in [6.07, 6.45) is 1.51. The number of methoxy groups -OCH3 is 1. The smallest absolute Gasteiger partial charge is 0.274 e. The summed E-state index contributed by atoms with van der Waals surface area (Å²) >= 11 is 15.6. The first kappa shape index (κ1) is 20.1. The fourth-order valence-corrected chi connectivity index (χ4v) is 3.45. The zero-order valence-electron chi connectivity index (χ0n) is 14.2. The molecule has 2 aromatic heterocycles. The molecule has 3 rings (SSSR count). The third-order valence-corrected chi connectivity index (χ3v) is 4.68. The first-order valence-corrected chi connectivity index (χ1v) is 9.22. The highest BCUT2D eigenvalue weighted by molar-refractivity contribution is 9.10. The van der Waals surface area contributed by atoms with Crippen LogP contribution in [-0.4, -0.2) is 33.7 Å². The molecule has 0 unspecified atom stereocenters. The second-order valence-electron chi connectivity index (χ2n) is 5.42. The Labute approximate surface area is 177 Å². The van der Waals surface area contributed by atoms with Crippen LogP contribution in [0, 0.1) is 0 Å². The molecule has 1 aromatic carbocycles. The van der Waals surface area contributed by atoms with E-state index in [9.17, 15) is 9.59 Å². The highest BCUT2D eigenvalue weighted by Gasteiger charge is 2.22. The molecule has 3 aromatic rings. The number of nitrogens with two attached hydrogens (primary N) is 1. The molecule has 28 heavy (non-hydrogen) atoms. The van der Waals surface area contributed by atoms with Gasteiger partial charge in [0.25, 0.3) is 11.8 Å². The van der Waals surface area contributed by atoms with E-state index in [1.54, 1.807) is 12.1 Å². The number of amides is 2. The first-order chi connectivity index (χ1) is 13.3. The van der Waals surface area contributed by atoms with Gasteiger partial charge in [-0.3, -0.25) is 9.59 Å². The number of anilines is 1. The maximum atomic E-state index is 12.9. The minimum atomic E-state index is -0.752. The summed E-state index contributed by atoms with van der Waals surface area (Å²) in [5.41, 5.74) is 5.57. The van der Waals surface area contributed by atoms with E-state index in [1.807, 2.05) is 0 Å². The van der Waals surface area contributed by atoms with E-state index < -0.39 is 11.8 Å². The summed E-state index contributed by atoms with van der Waals surface area (Å²) < 4.78 is 6.88. The molecule has 2 amide bonds. The number of hydrogen-bond acceptors (Lipinski definition) is 5. The van der Waals surface area contributed by atoms with E-state index >= 15 is 0 Å². The van der Waals surface area contributed by atoms with Crippen molar-refractivity contribution in [2.24, 2.45) is 5.73 Å². The summed E-state index contributed by atoms with van der Waals surface area (Å²) in [5, 5.41) is 7.17. The third-order valence-electron chi connectivity index (χ3n) is 3.63. The Hall–Kier alpha value is -2.62. The standard InChI is InChI=1S/C17H12BrCl2N5O3/c1-28-13-7-12(25(24-13)16-10(19)3-2-4-22-16)17(27)23-14-9(15(21)26)5-8(18)6-11(14)20/h2-7H,1H3,(H2,21,26)(H,23,27). The lowest BCUT2D eigenvalue weighted by Crippen LogP contribution is -2.21. The lowest BCUT2D eigenvalue weighted by molar-refractivity contribution is 0.100. The molecule has 11 heteroatoms. The predicted molar refractivity (Wildman–Crippen MR) is 109 cm³/mol. The number of rotatable bonds is 5. The maximum Gasteiger partial charge on any atom is 0.274 e. The Bertz CT molecular complexity index is 1090. The number of primary amides is 1. The van der Waals surface area contributed by atoms with E-state index in [0.717, 1.165) is 0 Å². The molecule has 0 spiro atoms. The van der Waals surface area contributed by atoms with Crippen molar-refractivity contribution in [1.82, 2.24) is 14.8 Å². The number of aromatic nitrogens is 3. The van der Waals surface area contributed by atoms with Gasteiger partial charge in [0.15, 0.2) is 5.82 Å². The maximum absolute atomic E-state index is 12.9. The van der Waals surface area contributed by atoms with Gasteiger partial charge in [0, 0.05) is 16.7 Å². The molecule has 0 saturated carbocycles. The molecule has 8 nitrogen and oxygen atoms in total.